The minimum atomic E-state index is -0.220. The van der Waals surface area contributed by atoms with E-state index in [1.54, 1.807) is 121 Å². The maximum Gasteiger partial charge on any atom is 0.196 e. The van der Waals surface area contributed by atoms with E-state index in [2.05, 4.69) is 0 Å². The van der Waals surface area contributed by atoms with Gasteiger partial charge in [0, 0.05) is 22.5 Å². The van der Waals surface area contributed by atoms with Crippen molar-refractivity contribution < 1.29 is 19.1 Å². The molecule has 0 aliphatic heterocycles. The highest BCUT2D eigenvalue weighted by molar-refractivity contribution is 6.13. The molecule has 5 rings (SSSR count). The van der Waals surface area contributed by atoms with Gasteiger partial charge < -0.3 is 20.9 Å². The van der Waals surface area contributed by atoms with E-state index in [0.717, 1.165) is 0 Å². The molecule has 38 heavy (non-hydrogen) atoms. The maximum atomic E-state index is 13.3. The number of para-hydroxylation sites is 2. The Bertz CT molecular complexity index is 1470. The van der Waals surface area contributed by atoms with Gasteiger partial charge in [0.25, 0.3) is 0 Å². The maximum absolute atomic E-state index is 13.3. The first-order chi connectivity index (χ1) is 18.5. The number of anilines is 2. The Labute approximate surface area is 220 Å². The van der Waals surface area contributed by atoms with Gasteiger partial charge in [0.15, 0.2) is 11.6 Å². The number of ketones is 2. The molecule has 0 spiro atoms. The van der Waals surface area contributed by atoms with Crippen molar-refractivity contribution in [2.75, 3.05) is 11.5 Å². The van der Waals surface area contributed by atoms with Gasteiger partial charge in [-0.3, -0.25) is 9.59 Å². The lowest BCUT2D eigenvalue weighted by atomic mass is 9.98. The monoisotopic (exact) mass is 500 g/mol. The van der Waals surface area contributed by atoms with Gasteiger partial charge in [-0.15, -0.1) is 0 Å². The molecule has 0 heterocycles. The van der Waals surface area contributed by atoms with Gasteiger partial charge in [-0.2, -0.15) is 0 Å². The molecule has 0 amide bonds. The van der Waals surface area contributed by atoms with Gasteiger partial charge in [-0.25, -0.2) is 0 Å². The highest BCUT2D eigenvalue weighted by atomic mass is 16.5. The fourth-order valence-electron chi connectivity index (χ4n) is 3.90. The van der Waals surface area contributed by atoms with Crippen molar-refractivity contribution in [3.05, 3.63) is 144 Å². The number of carbonyl (C=O) groups excluding carboxylic acids is 2. The molecule has 0 saturated heterocycles. The Morgan fingerprint density at radius 2 is 0.789 bits per heavy atom. The molecule has 0 unspecified atom stereocenters. The van der Waals surface area contributed by atoms with Crippen LogP contribution in [0.25, 0.3) is 0 Å². The van der Waals surface area contributed by atoms with E-state index in [9.17, 15) is 9.59 Å². The standard InChI is InChI=1S/C32H24N2O4/c33-23-13-17-25(18-14-23)37-29-7-3-1-5-27(29)31(35)21-9-11-22(12-10-21)32(36)28-6-2-4-8-30(28)38-26-19-15-24(34)16-20-26/h1-20H,33-34H2. The molecule has 5 aromatic carbocycles. The summed E-state index contributed by atoms with van der Waals surface area (Å²) < 4.78 is 11.9. The van der Waals surface area contributed by atoms with Crippen LogP contribution in [-0.2, 0) is 0 Å². The zero-order valence-corrected chi connectivity index (χ0v) is 20.3. The molecule has 0 bridgehead atoms. The number of nitrogens with two attached hydrogens (primary N) is 2. The molecule has 0 aliphatic rings. The van der Waals surface area contributed by atoms with Crippen molar-refractivity contribution in [3.63, 3.8) is 0 Å². The van der Waals surface area contributed by atoms with Gasteiger partial charge in [0.05, 0.1) is 11.1 Å². The molecule has 0 fully saturated rings. The quantitative estimate of drug-likeness (QED) is 0.177. The summed E-state index contributed by atoms with van der Waals surface area (Å²) in [7, 11) is 0. The van der Waals surface area contributed by atoms with Crippen molar-refractivity contribution in [2.24, 2.45) is 0 Å². The van der Waals surface area contributed by atoms with Gasteiger partial charge in [0.1, 0.15) is 23.0 Å². The zero-order valence-electron chi connectivity index (χ0n) is 20.3. The highest BCUT2D eigenvalue weighted by Crippen LogP contribution is 2.30. The topological polar surface area (TPSA) is 105 Å². The summed E-state index contributed by atoms with van der Waals surface area (Å²) in [6.07, 6.45) is 0. The third-order valence-electron chi connectivity index (χ3n) is 5.89. The van der Waals surface area contributed by atoms with Crippen LogP contribution >= 0.6 is 0 Å². The SMILES string of the molecule is Nc1ccc(Oc2ccccc2C(=O)c2ccc(C(=O)c3ccccc3Oc3ccc(N)cc3)cc2)cc1. The lowest BCUT2D eigenvalue weighted by Crippen LogP contribution is -2.06. The Kier molecular flexibility index (Phi) is 6.87. The van der Waals surface area contributed by atoms with E-state index >= 15 is 0 Å². The Morgan fingerprint density at radius 3 is 1.16 bits per heavy atom. The molecule has 0 aliphatic carbocycles. The van der Waals surface area contributed by atoms with Crippen LogP contribution in [-0.4, -0.2) is 11.6 Å². The number of hydrogen-bond acceptors (Lipinski definition) is 6. The summed E-state index contributed by atoms with van der Waals surface area (Å²) in [6, 6.07) is 34.5. The fourth-order valence-corrected chi connectivity index (χ4v) is 3.90. The largest absolute Gasteiger partial charge is 0.457 e. The molecule has 186 valence electrons. The second-order valence-electron chi connectivity index (χ2n) is 8.57. The number of nitrogen functional groups attached to an aromatic ring is 2. The molecular weight excluding hydrogens is 476 g/mol. The van der Waals surface area contributed by atoms with Crippen LogP contribution in [0.2, 0.25) is 0 Å². The van der Waals surface area contributed by atoms with E-state index in [4.69, 9.17) is 20.9 Å². The normalized spacial score (nSPS) is 10.5. The number of hydrogen-bond donors (Lipinski definition) is 2. The van der Waals surface area contributed by atoms with Crippen LogP contribution in [0.3, 0.4) is 0 Å². The molecule has 6 heteroatoms. The summed E-state index contributed by atoms with van der Waals surface area (Å²) in [5.41, 5.74) is 14.4. The Morgan fingerprint density at radius 1 is 0.447 bits per heavy atom. The Balaban J connectivity index is 1.36. The first-order valence-electron chi connectivity index (χ1n) is 11.9. The van der Waals surface area contributed by atoms with Crippen LogP contribution < -0.4 is 20.9 Å². The molecule has 0 aromatic heterocycles. The van der Waals surface area contributed by atoms with E-state index in [0.29, 0.717) is 56.6 Å². The van der Waals surface area contributed by atoms with Gasteiger partial charge >= 0.3 is 0 Å². The summed E-state index contributed by atoms with van der Waals surface area (Å²) in [5.74, 6) is 1.55. The lowest BCUT2D eigenvalue weighted by Gasteiger charge is -2.12. The van der Waals surface area contributed by atoms with Crippen molar-refractivity contribution >= 4 is 22.9 Å². The molecule has 4 N–H and O–H groups in total. The van der Waals surface area contributed by atoms with Gasteiger partial charge in [-0.1, -0.05) is 48.5 Å². The molecule has 0 atom stereocenters. The van der Waals surface area contributed by atoms with Crippen molar-refractivity contribution in [1.29, 1.82) is 0 Å². The summed E-state index contributed by atoms with van der Waals surface area (Å²) in [4.78, 5) is 26.7. The van der Waals surface area contributed by atoms with Crippen molar-refractivity contribution in [3.8, 4) is 23.0 Å². The summed E-state index contributed by atoms with van der Waals surface area (Å²) in [6.45, 7) is 0. The van der Waals surface area contributed by atoms with Crippen LogP contribution in [0.4, 0.5) is 11.4 Å². The van der Waals surface area contributed by atoms with Crippen LogP contribution in [0.1, 0.15) is 31.8 Å². The van der Waals surface area contributed by atoms with E-state index < -0.39 is 0 Å². The first-order valence-corrected chi connectivity index (χ1v) is 11.9. The number of ether oxygens (including phenoxy) is 2. The third kappa shape index (κ3) is 5.39. The number of rotatable bonds is 8. The van der Waals surface area contributed by atoms with E-state index in [1.165, 1.54) is 0 Å². The minimum absolute atomic E-state index is 0.220. The summed E-state index contributed by atoms with van der Waals surface area (Å²) in [5, 5.41) is 0. The Hall–Kier alpha value is -5.36. The predicted molar refractivity (Wildman–Crippen MR) is 148 cm³/mol. The number of benzene rings is 5. The average Bonchev–Trinajstić information content (AvgIpc) is 2.95. The zero-order chi connectivity index (χ0) is 26.5. The van der Waals surface area contributed by atoms with Gasteiger partial charge in [-0.05, 0) is 72.8 Å². The number of carbonyl (C=O) groups is 2. The first kappa shape index (κ1) is 24.3. The third-order valence-corrected chi connectivity index (χ3v) is 5.89. The second kappa shape index (κ2) is 10.7. The lowest BCUT2D eigenvalue weighted by molar-refractivity contribution is 0.102. The van der Waals surface area contributed by atoms with Crippen LogP contribution in [0, 0.1) is 0 Å². The average molecular weight is 501 g/mol. The van der Waals surface area contributed by atoms with Crippen LogP contribution in [0.15, 0.2) is 121 Å². The van der Waals surface area contributed by atoms with Crippen LogP contribution in [0.5, 0.6) is 23.0 Å². The van der Waals surface area contributed by atoms with Crippen molar-refractivity contribution in [2.45, 2.75) is 0 Å². The molecule has 5 aromatic rings. The molecule has 0 radical (unpaired) electrons. The van der Waals surface area contributed by atoms with Gasteiger partial charge in [0.2, 0.25) is 0 Å². The highest BCUT2D eigenvalue weighted by Gasteiger charge is 2.18. The molecular formula is C32H24N2O4. The summed E-state index contributed by atoms with van der Waals surface area (Å²) >= 11 is 0. The smallest absolute Gasteiger partial charge is 0.196 e. The molecule has 0 saturated carbocycles. The second-order valence-corrected chi connectivity index (χ2v) is 8.57. The minimum Gasteiger partial charge on any atom is -0.457 e. The fraction of sp³-hybridized carbons (Fsp3) is 0. The predicted octanol–water partition coefficient (Wildman–Crippen LogP) is 6.90. The van der Waals surface area contributed by atoms with Crippen molar-refractivity contribution in [1.82, 2.24) is 0 Å². The van der Waals surface area contributed by atoms with E-state index in [1.807, 2.05) is 0 Å². The molecule has 6 nitrogen and oxygen atoms in total. The van der Waals surface area contributed by atoms with E-state index in [-0.39, 0.29) is 11.6 Å².